The molecule has 0 amide bonds. The maximum Gasteiger partial charge on any atom is 0.446 e. The minimum Gasteiger partial charge on any atom is -0.481 e. The van der Waals surface area contributed by atoms with Gasteiger partial charge >= 0.3 is 11.5 Å². The molecule has 0 aliphatic heterocycles. The maximum absolute atomic E-state index is 12.5. The number of carbonyl (C=O) groups excluding carboxylic acids is 1. The van der Waals surface area contributed by atoms with Gasteiger partial charge in [0.15, 0.2) is 22.0 Å². The number of ether oxygens (including phenoxy) is 2. The number of hydrogen-bond acceptors (Lipinski definition) is 4. The van der Waals surface area contributed by atoms with Crippen molar-refractivity contribution in [3.05, 3.63) is 75.0 Å². The minimum absolute atomic E-state index is 0.0593. The molecule has 0 bridgehead atoms. The molecule has 3 rings (SSSR count). The predicted molar refractivity (Wildman–Crippen MR) is 140 cm³/mol. The monoisotopic (exact) mass is 533 g/mol. The van der Waals surface area contributed by atoms with Crippen LogP contribution in [0.4, 0.5) is 13.2 Å². The number of thiophene rings is 1. The van der Waals surface area contributed by atoms with Gasteiger partial charge in [-0.2, -0.15) is 13.2 Å². The van der Waals surface area contributed by atoms with E-state index < -0.39 is 17.1 Å². The Bertz CT molecular complexity index is 1290. The molecule has 0 fully saturated rings. The second-order valence-corrected chi connectivity index (χ2v) is 12.0. The summed E-state index contributed by atoms with van der Waals surface area (Å²) in [5, 5.41) is 2.22. The van der Waals surface area contributed by atoms with Gasteiger partial charge in [-0.15, -0.1) is 0 Å². The molecule has 0 aliphatic carbocycles. The van der Waals surface area contributed by atoms with Crippen LogP contribution in [0.3, 0.4) is 0 Å². The number of thioether (sulfide) groups is 1. The summed E-state index contributed by atoms with van der Waals surface area (Å²) in [6.45, 7) is 11.2. The SMILES string of the molecule is Cc1cc(-[s+]2ccc(C)c2C)cc(C)c1OCC(=O)OC(C)(C)C#Cc1ccc(SC(F)(F)F)cc1. The Labute approximate surface area is 217 Å². The van der Waals surface area contributed by atoms with E-state index in [1.54, 1.807) is 13.8 Å². The van der Waals surface area contributed by atoms with E-state index in [0.717, 1.165) is 11.1 Å². The van der Waals surface area contributed by atoms with E-state index in [-0.39, 0.29) is 33.7 Å². The zero-order valence-electron chi connectivity index (χ0n) is 21.0. The molecule has 0 spiro atoms. The Morgan fingerprint density at radius 1 is 0.972 bits per heavy atom. The first-order valence-corrected chi connectivity index (χ1v) is 13.3. The molecular weight excluding hydrogens is 505 g/mol. The van der Waals surface area contributed by atoms with Crippen LogP contribution >= 0.6 is 22.2 Å². The molecule has 0 N–H and O–H groups in total. The highest BCUT2D eigenvalue weighted by Crippen LogP contribution is 2.40. The predicted octanol–water partition coefficient (Wildman–Crippen LogP) is 8.02. The number of halogens is 3. The third-order valence-electron chi connectivity index (χ3n) is 5.33. The summed E-state index contributed by atoms with van der Waals surface area (Å²) in [6, 6.07) is 12.0. The number of rotatable bonds is 6. The van der Waals surface area contributed by atoms with Gasteiger partial charge in [-0.25, -0.2) is 4.79 Å². The minimum atomic E-state index is -4.34. The lowest BCUT2D eigenvalue weighted by atomic mass is 10.1. The van der Waals surface area contributed by atoms with E-state index in [2.05, 4.69) is 49.3 Å². The average molecular weight is 534 g/mol. The number of aryl methyl sites for hydroxylation is 3. The number of carbonyl (C=O) groups is 1. The highest BCUT2D eigenvalue weighted by molar-refractivity contribution is 8.00. The van der Waals surface area contributed by atoms with Gasteiger partial charge in [0.2, 0.25) is 0 Å². The van der Waals surface area contributed by atoms with Crippen molar-refractivity contribution < 1.29 is 27.4 Å². The summed E-state index contributed by atoms with van der Waals surface area (Å²) in [4.78, 5) is 15.1. The highest BCUT2D eigenvalue weighted by atomic mass is 32.2. The number of benzene rings is 2. The number of esters is 1. The molecule has 0 saturated heterocycles. The molecule has 190 valence electrons. The van der Waals surface area contributed by atoms with E-state index >= 15 is 0 Å². The van der Waals surface area contributed by atoms with Crippen molar-refractivity contribution in [3.63, 3.8) is 0 Å². The summed E-state index contributed by atoms with van der Waals surface area (Å²) >= 11 is -0.182. The largest absolute Gasteiger partial charge is 0.481 e. The van der Waals surface area contributed by atoms with Gasteiger partial charge in [0.25, 0.3) is 0 Å². The quantitative estimate of drug-likeness (QED) is 0.139. The molecule has 3 aromatic rings. The molecule has 3 nitrogen and oxygen atoms in total. The number of hydrogen-bond donors (Lipinski definition) is 0. The van der Waals surface area contributed by atoms with E-state index in [9.17, 15) is 18.0 Å². The van der Waals surface area contributed by atoms with Gasteiger partial charge in [-0.1, -0.05) is 11.8 Å². The Morgan fingerprint density at radius 3 is 2.11 bits per heavy atom. The van der Waals surface area contributed by atoms with Crippen molar-refractivity contribution in [2.75, 3.05) is 6.61 Å². The van der Waals surface area contributed by atoms with Gasteiger partial charge in [-0.3, -0.25) is 0 Å². The lowest BCUT2D eigenvalue weighted by Gasteiger charge is -2.19. The third-order valence-corrected chi connectivity index (χ3v) is 8.20. The molecule has 8 heteroatoms. The summed E-state index contributed by atoms with van der Waals surface area (Å²) in [7, 11) is -0.0593. The second kappa shape index (κ2) is 11.0. The van der Waals surface area contributed by atoms with Crippen LogP contribution in [-0.2, 0) is 9.53 Å². The molecule has 0 radical (unpaired) electrons. The Morgan fingerprint density at radius 2 is 1.58 bits per heavy atom. The molecule has 1 aromatic heterocycles. The Balaban J connectivity index is 1.61. The summed E-state index contributed by atoms with van der Waals surface area (Å²) in [5.41, 5.74) is -1.74. The zero-order valence-corrected chi connectivity index (χ0v) is 22.6. The van der Waals surface area contributed by atoms with Crippen LogP contribution in [0.25, 0.3) is 4.90 Å². The van der Waals surface area contributed by atoms with Crippen LogP contribution in [0.2, 0.25) is 0 Å². The van der Waals surface area contributed by atoms with Gasteiger partial charge in [-0.05, 0) is 87.8 Å². The lowest BCUT2D eigenvalue weighted by molar-refractivity contribution is -0.154. The fraction of sp³-hybridized carbons (Fsp3) is 0.321. The molecule has 0 saturated carbocycles. The third kappa shape index (κ3) is 7.55. The summed E-state index contributed by atoms with van der Waals surface area (Å²) in [5.74, 6) is 5.79. The zero-order chi connectivity index (χ0) is 26.7. The first-order valence-electron chi connectivity index (χ1n) is 11.2. The lowest BCUT2D eigenvalue weighted by Crippen LogP contribution is -2.29. The van der Waals surface area contributed by atoms with Gasteiger partial charge in [0.1, 0.15) is 11.1 Å². The summed E-state index contributed by atoms with van der Waals surface area (Å²) in [6.07, 6.45) is 0. The molecule has 36 heavy (non-hydrogen) atoms. The molecular formula is C28H28F3O3S2+. The highest BCUT2D eigenvalue weighted by Gasteiger charge is 2.29. The van der Waals surface area contributed by atoms with E-state index in [0.29, 0.717) is 11.3 Å². The van der Waals surface area contributed by atoms with Crippen molar-refractivity contribution in [2.24, 2.45) is 0 Å². The van der Waals surface area contributed by atoms with Crippen molar-refractivity contribution in [1.29, 1.82) is 0 Å². The van der Waals surface area contributed by atoms with Crippen LogP contribution in [0.5, 0.6) is 5.75 Å². The van der Waals surface area contributed by atoms with Gasteiger partial charge in [0.05, 0.1) is 0 Å². The van der Waals surface area contributed by atoms with Gasteiger partial charge in [0, 0.05) is 45.5 Å². The van der Waals surface area contributed by atoms with E-state index in [1.807, 2.05) is 13.8 Å². The fourth-order valence-corrected chi connectivity index (χ4v) is 6.13. The normalized spacial score (nSPS) is 12.1. The molecule has 1 heterocycles. The first-order chi connectivity index (χ1) is 16.7. The van der Waals surface area contributed by atoms with Crippen LogP contribution in [-0.4, -0.2) is 23.7 Å². The van der Waals surface area contributed by atoms with Crippen LogP contribution in [0.1, 0.15) is 41.0 Å². The summed E-state index contributed by atoms with van der Waals surface area (Å²) < 4.78 is 48.7. The van der Waals surface area contributed by atoms with Crippen molar-refractivity contribution >= 4 is 28.2 Å². The standard InChI is InChI=1S/C28H28F3O3S2/c1-18-12-14-36(21(18)4)24-15-19(2)26(20(3)16-24)33-17-25(32)34-27(5,6)13-11-22-7-9-23(10-8-22)35-28(29,30)31/h7-10,12,14-16H,17H2,1-6H3/q+1. The van der Waals surface area contributed by atoms with Gasteiger partial charge < -0.3 is 9.47 Å². The van der Waals surface area contributed by atoms with Crippen molar-refractivity contribution in [2.45, 2.75) is 57.5 Å². The average Bonchev–Trinajstić information content (AvgIpc) is 3.09. The molecule has 1 unspecified atom stereocenters. The fourth-order valence-electron chi connectivity index (χ4n) is 3.52. The number of alkyl halides is 3. The van der Waals surface area contributed by atoms with Crippen molar-refractivity contribution in [3.8, 4) is 22.5 Å². The molecule has 1 atom stereocenters. The van der Waals surface area contributed by atoms with Crippen molar-refractivity contribution in [1.82, 2.24) is 0 Å². The van der Waals surface area contributed by atoms with Crippen LogP contribution in [0, 0.1) is 39.5 Å². The first kappa shape index (κ1) is 27.7. The second-order valence-electron chi connectivity index (χ2n) is 8.86. The van der Waals surface area contributed by atoms with E-state index in [1.165, 1.54) is 39.6 Å². The molecule has 0 aliphatic rings. The smallest absolute Gasteiger partial charge is 0.446 e. The maximum atomic E-state index is 12.5. The Kier molecular flexibility index (Phi) is 8.48. The van der Waals surface area contributed by atoms with Crippen LogP contribution < -0.4 is 4.74 Å². The van der Waals surface area contributed by atoms with Crippen LogP contribution in [0.15, 0.2) is 52.7 Å². The molecule has 2 aromatic carbocycles. The van der Waals surface area contributed by atoms with E-state index in [4.69, 9.17) is 9.47 Å². The topological polar surface area (TPSA) is 35.5 Å². The Hall–Kier alpha value is -2.89.